The molecule has 1 heterocycles. The van der Waals surface area contributed by atoms with E-state index in [0.29, 0.717) is 13.2 Å². The second kappa shape index (κ2) is 13.9. The second-order valence-corrected chi connectivity index (χ2v) is 8.39. The highest BCUT2D eigenvalue weighted by atomic mass is 16.7. The van der Waals surface area contributed by atoms with Crippen LogP contribution in [0, 0.1) is 5.92 Å². The number of rotatable bonds is 16. The smallest absolute Gasteiger partial charge is 0.162 e. The predicted octanol–water partition coefficient (Wildman–Crippen LogP) is 3.42. The topological polar surface area (TPSA) is 60.4 Å². The van der Waals surface area contributed by atoms with Crippen molar-refractivity contribution in [2.45, 2.75) is 83.9 Å². The number of ether oxygens (including phenoxy) is 4. The average Bonchev–Trinajstić information content (AvgIpc) is 2.93. The summed E-state index contributed by atoms with van der Waals surface area (Å²) in [6, 6.07) is 0. The highest BCUT2D eigenvalue weighted by Gasteiger charge is 2.38. The van der Waals surface area contributed by atoms with E-state index >= 15 is 0 Å². The number of hydrogen-bond donors (Lipinski definition) is 1. The normalized spacial score (nSPS) is 23.4. The molecule has 1 N–H and O–H groups in total. The number of unbranched alkanes of at least 4 members (excludes halogenated alkanes) is 4. The van der Waals surface area contributed by atoms with Crippen molar-refractivity contribution in [3.8, 4) is 0 Å². The van der Waals surface area contributed by atoms with Gasteiger partial charge in [-0.1, -0.05) is 32.6 Å². The van der Waals surface area contributed by atoms with Gasteiger partial charge in [-0.05, 0) is 47.3 Å². The highest BCUT2D eigenvalue weighted by Crippen LogP contribution is 2.30. The van der Waals surface area contributed by atoms with Crippen LogP contribution in [0.5, 0.6) is 0 Å². The van der Waals surface area contributed by atoms with Gasteiger partial charge in [0, 0.05) is 25.6 Å². The van der Waals surface area contributed by atoms with Crippen LogP contribution >= 0.6 is 0 Å². The molecule has 1 aliphatic rings. The minimum absolute atomic E-state index is 0.0446. The molecule has 162 valence electrons. The Kier molecular flexibility index (Phi) is 12.7. The molecule has 0 aliphatic carbocycles. The van der Waals surface area contributed by atoms with E-state index in [9.17, 15) is 5.11 Å². The molecule has 0 aromatic rings. The Morgan fingerprint density at radius 2 is 1.67 bits per heavy atom. The zero-order chi connectivity index (χ0) is 20.1. The molecule has 27 heavy (non-hydrogen) atoms. The maximum absolute atomic E-state index is 9.90. The van der Waals surface area contributed by atoms with Crippen molar-refractivity contribution in [3.05, 3.63) is 0 Å². The van der Waals surface area contributed by atoms with E-state index in [1.54, 1.807) is 13.8 Å². The third-order valence-electron chi connectivity index (χ3n) is 4.67. The fourth-order valence-electron chi connectivity index (χ4n) is 3.23. The van der Waals surface area contributed by atoms with Gasteiger partial charge in [-0.25, -0.2) is 0 Å². The minimum Gasteiger partial charge on any atom is -0.381 e. The zero-order valence-corrected chi connectivity index (χ0v) is 18.2. The molecule has 0 amide bonds. The van der Waals surface area contributed by atoms with Gasteiger partial charge >= 0.3 is 0 Å². The van der Waals surface area contributed by atoms with E-state index in [-0.39, 0.29) is 12.0 Å². The van der Waals surface area contributed by atoms with Gasteiger partial charge in [0.1, 0.15) is 0 Å². The summed E-state index contributed by atoms with van der Waals surface area (Å²) in [6.45, 7) is 9.22. The van der Waals surface area contributed by atoms with Crippen molar-refractivity contribution in [2.24, 2.45) is 5.92 Å². The molecule has 0 spiro atoms. The Labute approximate surface area is 166 Å². The lowest BCUT2D eigenvalue weighted by Crippen LogP contribution is -2.31. The Bertz CT molecular complexity index is 359. The quantitative estimate of drug-likeness (QED) is 0.322. The van der Waals surface area contributed by atoms with Crippen LogP contribution in [0.1, 0.15) is 65.7 Å². The summed E-state index contributed by atoms with van der Waals surface area (Å²) in [5, 5.41) is 9.90. The van der Waals surface area contributed by atoms with Gasteiger partial charge in [0.15, 0.2) is 12.1 Å². The molecule has 0 unspecified atom stereocenters. The Morgan fingerprint density at radius 1 is 1.00 bits per heavy atom. The second-order valence-electron chi connectivity index (χ2n) is 8.39. The van der Waals surface area contributed by atoms with Crippen LogP contribution in [0.4, 0.5) is 0 Å². The van der Waals surface area contributed by atoms with Gasteiger partial charge < -0.3 is 29.0 Å². The fraction of sp³-hybridized carbons (Fsp3) is 1.00. The van der Waals surface area contributed by atoms with Gasteiger partial charge in [0.2, 0.25) is 0 Å². The molecule has 1 aliphatic heterocycles. The van der Waals surface area contributed by atoms with Crippen molar-refractivity contribution in [2.75, 3.05) is 47.1 Å². The third kappa shape index (κ3) is 12.8. The summed E-state index contributed by atoms with van der Waals surface area (Å²) in [6.07, 6.45) is 7.49. The molecule has 0 saturated carbocycles. The van der Waals surface area contributed by atoms with Crippen molar-refractivity contribution in [1.29, 1.82) is 0 Å². The Balaban J connectivity index is 2.32. The Hall–Kier alpha value is -0.240. The first-order valence-electron chi connectivity index (χ1n) is 10.7. The summed E-state index contributed by atoms with van der Waals surface area (Å²) in [4.78, 5) is 2.15. The zero-order valence-electron chi connectivity index (χ0n) is 18.2. The van der Waals surface area contributed by atoms with E-state index in [2.05, 4.69) is 25.9 Å². The third-order valence-corrected chi connectivity index (χ3v) is 4.67. The lowest BCUT2D eigenvalue weighted by molar-refractivity contribution is -0.270. The van der Waals surface area contributed by atoms with E-state index in [1.807, 2.05) is 0 Å². The SMILES string of the molecule is CCCCCCCOC[C@@H]1C[C@@H](OC(C)(C)O)O[C@@H]1COCCCN(C)C. The van der Waals surface area contributed by atoms with E-state index < -0.39 is 12.1 Å². The molecule has 6 heteroatoms. The summed E-state index contributed by atoms with van der Waals surface area (Å²) >= 11 is 0. The molecule has 0 aromatic heterocycles. The van der Waals surface area contributed by atoms with E-state index in [1.165, 1.54) is 25.7 Å². The maximum atomic E-state index is 9.90. The molecule has 1 fully saturated rings. The van der Waals surface area contributed by atoms with Crippen LogP contribution in [0.2, 0.25) is 0 Å². The van der Waals surface area contributed by atoms with Crippen LogP contribution in [-0.4, -0.2) is 75.3 Å². The maximum Gasteiger partial charge on any atom is 0.162 e. The molecular formula is C21H43NO5. The van der Waals surface area contributed by atoms with Crippen molar-refractivity contribution < 1.29 is 24.1 Å². The van der Waals surface area contributed by atoms with E-state index in [0.717, 1.165) is 39.0 Å². The standard InChI is InChI=1S/C21H43NO5/c1-6-7-8-9-10-13-24-16-18-15-20(27-21(2,3)23)26-19(18)17-25-14-11-12-22(4)5/h18-20,23H,6-17H2,1-5H3/t18-,19+,20+/m0/s1. The molecule has 0 aromatic carbocycles. The lowest BCUT2D eigenvalue weighted by atomic mass is 10.0. The van der Waals surface area contributed by atoms with Crippen molar-refractivity contribution in [1.82, 2.24) is 4.90 Å². The number of hydrogen-bond acceptors (Lipinski definition) is 6. The summed E-state index contributed by atoms with van der Waals surface area (Å²) in [5.41, 5.74) is 0. The predicted molar refractivity (Wildman–Crippen MR) is 108 cm³/mol. The average molecular weight is 390 g/mol. The van der Waals surface area contributed by atoms with Crippen molar-refractivity contribution >= 4 is 0 Å². The minimum atomic E-state index is -1.20. The van der Waals surface area contributed by atoms with Crippen LogP contribution < -0.4 is 0 Å². The molecule has 1 rings (SSSR count). The first-order chi connectivity index (χ1) is 12.8. The molecule has 6 nitrogen and oxygen atoms in total. The first-order valence-corrected chi connectivity index (χ1v) is 10.7. The van der Waals surface area contributed by atoms with Gasteiger partial charge in [-0.2, -0.15) is 0 Å². The molecule has 0 bridgehead atoms. The summed E-state index contributed by atoms with van der Waals surface area (Å²) < 4.78 is 23.3. The Morgan fingerprint density at radius 3 is 2.33 bits per heavy atom. The van der Waals surface area contributed by atoms with Crippen LogP contribution in [0.25, 0.3) is 0 Å². The van der Waals surface area contributed by atoms with Crippen molar-refractivity contribution in [3.63, 3.8) is 0 Å². The summed E-state index contributed by atoms with van der Waals surface area (Å²) in [5.74, 6) is -0.960. The molecular weight excluding hydrogens is 346 g/mol. The largest absolute Gasteiger partial charge is 0.381 e. The summed E-state index contributed by atoms with van der Waals surface area (Å²) in [7, 11) is 4.13. The van der Waals surface area contributed by atoms with E-state index in [4.69, 9.17) is 18.9 Å². The van der Waals surface area contributed by atoms with Gasteiger partial charge in [0.25, 0.3) is 0 Å². The molecule has 3 atom stereocenters. The van der Waals surface area contributed by atoms with Crippen LogP contribution in [0.15, 0.2) is 0 Å². The fourth-order valence-corrected chi connectivity index (χ4v) is 3.23. The molecule has 0 radical (unpaired) electrons. The highest BCUT2D eigenvalue weighted by molar-refractivity contribution is 4.79. The monoisotopic (exact) mass is 389 g/mol. The lowest BCUT2D eigenvalue weighted by Gasteiger charge is -2.23. The number of aliphatic hydroxyl groups is 1. The number of nitrogens with zero attached hydrogens (tertiary/aromatic N) is 1. The van der Waals surface area contributed by atoms with Gasteiger partial charge in [0.05, 0.1) is 19.3 Å². The molecule has 1 saturated heterocycles. The van der Waals surface area contributed by atoms with Crippen LogP contribution in [-0.2, 0) is 18.9 Å². The van der Waals surface area contributed by atoms with Gasteiger partial charge in [-0.3, -0.25) is 0 Å². The van der Waals surface area contributed by atoms with Crippen LogP contribution in [0.3, 0.4) is 0 Å². The first kappa shape index (κ1) is 24.8. The van der Waals surface area contributed by atoms with Gasteiger partial charge in [-0.15, -0.1) is 0 Å².